The summed E-state index contributed by atoms with van der Waals surface area (Å²) in [5.41, 5.74) is 5.95. The molecule has 2 N–H and O–H groups in total. The zero-order valence-electron chi connectivity index (χ0n) is 12.9. The molecule has 0 spiro atoms. The first-order valence-corrected chi connectivity index (χ1v) is 7.69. The summed E-state index contributed by atoms with van der Waals surface area (Å²) in [6.45, 7) is 12.7. The summed E-state index contributed by atoms with van der Waals surface area (Å²) in [4.78, 5) is 5.18. The Morgan fingerprint density at radius 2 is 2.00 bits per heavy atom. The standard InChI is InChI=1S/C15H33N3/c1-5-15-12-17(4)7-6-8-18(15)11-14(10-16)9-13(2)3/h13-15H,5-12,16H2,1-4H3. The van der Waals surface area contributed by atoms with Gasteiger partial charge in [-0.1, -0.05) is 20.8 Å². The molecule has 2 atom stereocenters. The average Bonchev–Trinajstić information content (AvgIpc) is 2.49. The summed E-state index contributed by atoms with van der Waals surface area (Å²) in [5, 5.41) is 0. The molecule has 0 amide bonds. The van der Waals surface area contributed by atoms with E-state index >= 15 is 0 Å². The van der Waals surface area contributed by atoms with E-state index in [-0.39, 0.29) is 0 Å². The smallest absolute Gasteiger partial charge is 0.0220 e. The third-order valence-corrected chi connectivity index (χ3v) is 4.13. The highest BCUT2D eigenvalue weighted by Crippen LogP contribution is 2.17. The van der Waals surface area contributed by atoms with E-state index in [0.717, 1.165) is 18.5 Å². The largest absolute Gasteiger partial charge is 0.330 e. The van der Waals surface area contributed by atoms with Crippen molar-refractivity contribution in [1.82, 2.24) is 9.80 Å². The van der Waals surface area contributed by atoms with Crippen molar-refractivity contribution in [2.45, 2.75) is 46.1 Å². The Balaban J connectivity index is 2.55. The summed E-state index contributed by atoms with van der Waals surface area (Å²) in [5.74, 6) is 1.43. The topological polar surface area (TPSA) is 32.5 Å². The number of hydrogen-bond acceptors (Lipinski definition) is 3. The molecular weight excluding hydrogens is 222 g/mol. The van der Waals surface area contributed by atoms with Crippen LogP contribution >= 0.6 is 0 Å². The molecule has 0 aromatic carbocycles. The second-order valence-corrected chi connectivity index (χ2v) is 6.40. The Kier molecular flexibility index (Phi) is 7.20. The molecule has 108 valence electrons. The molecule has 0 aromatic rings. The number of rotatable bonds is 6. The van der Waals surface area contributed by atoms with Crippen LogP contribution in [-0.4, -0.2) is 55.6 Å². The summed E-state index contributed by atoms with van der Waals surface area (Å²) < 4.78 is 0. The molecule has 3 heteroatoms. The predicted molar refractivity (Wildman–Crippen MR) is 79.8 cm³/mol. The zero-order valence-corrected chi connectivity index (χ0v) is 12.9. The van der Waals surface area contributed by atoms with Crippen LogP contribution in [0.1, 0.15) is 40.0 Å². The molecule has 2 unspecified atom stereocenters. The summed E-state index contributed by atoms with van der Waals surface area (Å²) in [6.07, 6.45) is 3.81. The molecule has 0 bridgehead atoms. The van der Waals surface area contributed by atoms with Gasteiger partial charge in [-0.05, 0) is 57.8 Å². The lowest BCUT2D eigenvalue weighted by Crippen LogP contribution is -2.43. The normalized spacial score (nSPS) is 25.3. The van der Waals surface area contributed by atoms with Gasteiger partial charge in [0.2, 0.25) is 0 Å². The Morgan fingerprint density at radius 3 is 2.56 bits per heavy atom. The average molecular weight is 255 g/mol. The van der Waals surface area contributed by atoms with Gasteiger partial charge in [-0.15, -0.1) is 0 Å². The van der Waals surface area contributed by atoms with Gasteiger partial charge < -0.3 is 10.6 Å². The van der Waals surface area contributed by atoms with Crippen LogP contribution in [0, 0.1) is 11.8 Å². The first-order chi connectivity index (χ1) is 8.56. The molecule has 3 nitrogen and oxygen atoms in total. The molecule has 0 aliphatic carbocycles. The minimum absolute atomic E-state index is 0.669. The second-order valence-electron chi connectivity index (χ2n) is 6.40. The summed E-state index contributed by atoms with van der Waals surface area (Å²) >= 11 is 0. The van der Waals surface area contributed by atoms with Crippen LogP contribution < -0.4 is 5.73 Å². The molecular formula is C15H33N3. The summed E-state index contributed by atoms with van der Waals surface area (Å²) in [6, 6.07) is 0.721. The van der Waals surface area contributed by atoms with Crippen molar-refractivity contribution in [2.24, 2.45) is 17.6 Å². The van der Waals surface area contributed by atoms with Crippen LogP contribution in [0.4, 0.5) is 0 Å². The van der Waals surface area contributed by atoms with Gasteiger partial charge in [0.25, 0.3) is 0 Å². The first-order valence-electron chi connectivity index (χ1n) is 7.69. The van der Waals surface area contributed by atoms with Gasteiger partial charge in [0.1, 0.15) is 0 Å². The van der Waals surface area contributed by atoms with Crippen LogP contribution in [-0.2, 0) is 0 Å². The maximum absolute atomic E-state index is 5.95. The van der Waals surface area contributed by atoms with E-state index in [9.17, 15) is 0 Å². The van der Waals surface area contributed by atoms with Crippen molar-refractivity contribution in [1.29, 1.82) is 0 Å². The molecule has 1 rings (SSSR count). The number of likely N-dealkylation sites (N-methyl/N-ethyl adjacent to an activating group) is 1. The van der Waals surface area contributed by atoms with Gasteiger partial charge in [-0.25, -0.2) is 0 Å². The third-order valence-electron chi connectivity index (χ3n) is 4.13. The lowest BCUT2D eigenvalue weighted by Gasteiger charge is -2.33. The molecule has 1 heterocycles. The Labute approximate surface area is 114 Å². The van der Waals surface area contributed by atoms with E-state index in [0.29, 0.717) is 5.92 Å². The fraction of sp³-hybridized carbons (Fsp3) is 1.00. The highest BCUT2D eigenvalue weighted by atomic mass is 15.2. The van der Waals surface area contributed by atoms with E-state index in [1.807, 2.05) is 0 Å². The van der Waals surface area contributed by atoms with Gasteiger partial charge in [0.05, 0.1) is 0 Å². The van der Waals surface area contributed by atoms with Gasteiger partial charge in [0, 0.05) is 19.1 Å². The highest BCUT2D eigenvalue weighted by molar-refractivity contribution is 4.80. The maximum atomic E-state index is 5.95. The zero-order chi connectivity index (χ0) is 13.5. The lowest BCUT2D eigenvalue weighted by atomic mass is 9.96. The van der Waals surface area contributed by atoms with Crippen LogP contribution in [0.15, 0.2) is 0 Å². The van der Waals surface area contributed by atoms with Crippen molar-refractivity contribution >= 4 is 0 Å². The minimum atomic E-state index is 0.669. The fourth-order valence-corrected chi connectivity index (χ4v) is 3.16. The SMILES string of the molecule is CCC1CN(C)CCCN1CC(CN)CC(C)C. The van der Waals surface area contributed by atoms with E-state index in [4.69, 9.17) is 5.73 Å². The predicted octanol–water partition coefficient (Wildman–Crippen LogP) is 2.02. The number of nitrogens with zero attached hydrogens (tertiary/aromatic N) is 2. The third kappa shape index (κ3) is 5.25. The highest BCUT2D eigenvalue weighted by Gasteiger charge is 2.24. The quantitative estimate of drug-likeness (QED) is 0.788. The van der Waals surface area contributed by atoms with Crippen molar-refractivity contribution in [2.75, 3.05) is 39.8 Å². The van der Waals surface area contributed by atoms with E-state index in [1.165, 1.54) is 45.4 Å². The van der Waals surface area contributed by atoms with Crippen molar-refractivity contribution in [3.05, 3.63) is 0 Å². The lowest BCUT2D eigenvalue weighted by molar-refractivity contribution is 0.151. The minimum Gasteiger partial charge on any atom is -0.330 e. The molecule has 1 saturated heterocycles. The van der Waals surface area contributed by atoms with Crippen LogP contribution in [0.2, 0.25) is 0 Å². The molecule has 0 aromatic heterocycles. The molecule has 0 saturated carbocycles. The Hall–Kier alpha value is -0.120. The van der Waals surface area contributed by atoms with Crippen LogP contribution in [0.25, 0.3) is 0 Å². The van der Waals surface area contributed by atoms with E-state index in [1.54, 1.807) is 0 Å². The first kappa shape index (κ1) is 15.9. The Morgan fingerprint density at radius 1 is 1.28 bits per heavy atom. The molecule has 1 aliphatic heterocycles. The van der Waals surface area contributed by atoms with Gasteiger partial charge in [-0.3, -0.25) is 4.90 Å². The molecule has 0 radical (unpaired) electrons. The van der Waals surface area contributed by atoms with Crippen molar-refractivity contribution in [3.8, 4) is 0 Å². The molecule has 1 fully saturated rings. The van der Waals surface area contributed by atoms with Crippen molar-refractivity contribution in [3.63, 3.8) is 0 Å². The summed E-state index contributed by atoms with van der Waals surface area (Å²) in [7, 11) is 2.25. The van der Waals surface area contributed by atoms with Crippen molar-refractivity contribution < 1.29 is 0 Å². The van der Waals surface area contributed by atoms with Gasteiger partial charge >= 0.3 is 0 Å². The van der Waals surface area contributed by atoms with Crippen LogP contribution in [0.3, 0.4) is 0 Å². The fourth-order valence-electron chi connectivity index (χ4n) is 3.16. The number of nitrogens with two attached hydrogens (primary N) is 1. The van der Waals surface area contributed by atoms with Crippen LogP contribution in [0.5, 0.6) is 0 Å². The Bertz CT molecular complexity index is 218. The van der Waals surface area contributed by atoms with E-state index < -0.39 is 0 Å². The van der Waals surface area contributed by atoms with E-state index in [2.05, 4.69) is 37.6 Å². The second kappa shape index (κ2) is 8.13. The maximum Gasteiger partial charge on any atom is 0.0220 e. The number of hydrogen-bond donors (Lipinski definition) is 1. The van der Waals surface area contributed by atoms with Gasteiger partial charge in [0.15, 0.2) is 0 Å². The molecule has 1 aliphatic rings. The molecule has 18 heavy (non-hydrogen) atoms. The van der Waals surface area contributed by atoms with Gasteiger partial charge in [-0.2, -0.15) is 0 Å². The monoisotopic (exact) mass is 255 g/mol.